The van der Waals surface area contributed by atoms with Crippen LogP contribution in [0.2, 0.25) is 0 Å². The summed E-state index contributed by atoms with van der Waals surface area (Å²) in [7, 11) is 0. The molecule has 0 heterocycles. The third-order valence-corrected chi connectivity index (χ3v) is 2.30. The number of aliphatic hydroxyl groups is 3. The first kappa shape index (κ1) is 15.8. The van der Waals surface area contributed by atoms with Crippen LogP contribution < -0.4 is 16.8 Å². The molecule has 0 radical (unpaired) electrons. The van der Waals surface area contributed by atoms with Gasteiger partial charge in [0.1, 0.15) is 12.5 Å². The highest BCUT2D eigenvalue weighted by Crippen LogP contribution is 2.06. The fourth-order valence-corrected chi connectivity index (χ4v) is 1.53. The van der Waals surface area contributed by atoms with Crippen molar-refractivity contribution in [3.05, 3.63) is 0 Å². The van der Waals surface area contributed by atoms with Crippen molar-refractivity contribution in [3.63, 3.8) is 0 Å². The molecule has 0 aliphatic rings. The molecule has 4 atom stereocenters. The van der Waals surface area contributed by atoms with Crippen LogP contribution in [0.15, 0.2) is 0 Å². The molecule has 98 valence electrons. The van der Waals surface area contributed by atoms with Crippen molar-refractivity contribution in [1.29, 1.82) is 0 Å². The number of hydrogen-bond acceptors (Lipinski definition) is 6. The van der Waals surface area contributed by atoms with Gasteiger partial charge in [-0.05, 0) is 12.3 Å². The molecule has 0 amide bonds. The highest BCUT2D eigenvalue weighted by molar-refractivity contribution is 4.76. The minimum absolute atomic E-state index is 0.169. The normalized spacial score (nSPS) is 19.5. The van der Waals surface area contributed by atoms with Gasteiger partial charge in [0.15, 0.2) is 0 Å². The van der Waals surface area contributed by atoms with E-state index >= 15 is 0 Å². The van der Waals surface area contributed by atoms with Crippen LogP contribution in [0.5, 0.6) is 0 Å². The highest BCUT2D eigenvalue weighted by atomic mass is 16.3. The van der Waals surface area contributed by atoms with Crippen molar-refractivity contribution >= 4 is 0 Å². The molecule has 0 aromatic rings. The zero-order valence-corrected chi connectivity index (χ0v) is 10.0. The Kier molecular flexibility index (Phi) is 7.82. The van der Waals surface area contributed by atoms with Gasteiger partial charge >= 0.3 is 0 Å². The summed E-state index contributed by atoms with van der Waals surface area (Å²) in [6.07, 6.45) is -1.07. The first-order valence-corrected chi connectivity index (χ1v) is 5.61. The van der Waals surface area contributed by atoms with E-state index in [2.05, 4.69) is 5.32 Å². The van der Waals surface area contributed by atoms with Gasteiger partial charge in [0.25, 0.3) is 0 Å². The van der Waals surface area contributed by atoms with Crippen LogP contribution >= 0.6 is 0 Å². The maximum Gasteiger partial charge on any atom is 0.120 e. The zero-order valence-electron chi connectivity index (χ0n) is 10.0. The molecule has 6 heteroatoms. The fraction of sp³-hybridized carbons (Fsp3) is 1.00. The van der Waals surface area contributed by atoms with Gasteiger partial charge in [-0.25, -0.2) is 0 Å². The Morgan fingerprint density at radius 3 is 2.06 bits per heavy atom. The van der Waals surface area contributed by atoms with Crippen molar-refractivity contribution in [3.8, 4) is 0 Å². The second-order valence-corrected chi connectivity index (χ2v) is 4.59. The van der Waals surface area contributed by atoms with Gasteiger partial charge in [0.2, 0.25) is 0 Å². The van der Waals surface area contributed by atoms with Crippen molar-refractivity contribution < 1.29 is 15.3 Å². The van der Waals surface area contributed by atoms with E-state index in [1.54, 1.807) is 0 Å². The van der Waals surface area contributed by atoms with Gasteiger partial charge in [0, 0.05) is 18.5 Å². The summed E-state index contributed by atoms with van der Waals surface area (Å²) in [5.41, 5.74) is 11.0. The molecular formula is C10H25N3O3. The van der Waals surface area contributed by atoms with Gasteiger partial charge in [-0.1, -0.05) is 13.8 Å². The smallest absolute Gasteiger partial charge is 0.120 e. The van der Waals surface area contributed by atoms with Crippen molar-refractivity contribution in [1.82, 2.24) is 5.32 Å². The Hall–Kier alpha value is -0.240. The van der Waals surface area contributed by atoms with Crippen LogP contribution in [0.1, 0.15) is 26.7 Å². The second kappa shape index (κ2) is 7.94. The third-order valence-electron chi connectivity index (χ3n) is 2.30. The Balaban J connectivity index is 4.02. The first-order valence-electron chi connectivity index (χ1n) is 5.61. The highest BCUT2D eigenvalue weighted by Gasteiger charge is 2.20. The zero-order chi connectivity index (χ0) is 12.7. The van der Waals surface area contributed by atoms with Gasteiger partial charge in [0.05, 0.1) is 6.61 Å². The molecular weight excluding hydrogens is 210 g/mol. The lowest BCUT2D eigenvalue weighted by atomic mass is 10.0. The molecule has 0 fully saturated rings. The average Bonchev–Trinajstić information content (AvgIpc) is 2.14. The van der Waals surface area contributed by atoms with E-state index in [9.17, 15) is 5.11 Å². The minimum Gasteiger partial charge on any atom is -0.395 e. The summed E-state index contributed by atoms with van der Waals surface area (Å²) in [4.78, 5) is 0. The third kappa shape index (κ3) is 7.10. The van der Waals surface area contributed by atoms with Crippen LogP contribution in [-0.2, 0) is 0 Å². The van der Waals surface area contributed by atoms with Crippen LogP contribution in [0.4, 0.5) is 0 Å². The van der Waals surface area contributed by atoms with E-state index in [0.717, 1.165) is 0 Å². The lowest BCUT2D eigenvalue weighted by Crippen LogP contribution is -2.52. The Labute approximate surface area is 96.6 Å². The van der Waals surface area contributed by atoms with Crippen molar-refractivity contribution in [2.24, 2.45) is 17.4 Å². The summed E-state index contributed by atoms with van der Waals surface area (Å²) < 4.78 is 0. The quantitative estimate of drug-likeness (QED) is 0.278. The van der Waals surface area contributed by atoms with E-state index in [4.69, 9.17) is 21.7 Å². The van der Waals surface area contributed by atoms with Crippen LogP contribution in [0, 0.1) is 5.92 Å². The molecule has 3 unspecified atom stereocenters. The molecule has 0 aromatic carbocycles. The van der Waals surface area contributed by atoms with Gasteiger partial charge in [-0.2, -0.15) is 0 Å². The van der Waals surface area contributed by atoms with E-state index < -0.39 is 24.5 Å². The van der Waals surface area contributed by atoms with E-state index in [1.807, 2.05) is 13.8 Å². The minimum atomic E-state index is -1.02. The van der Waals surface area contributed by atoms with Crippen LogP contribution in [0.25, 0.3) is 0 Å². The van der Waals surface area contributed by atoms with E-state index in [0.29, 0.717) is 12.3 Å². The molecule has 0 bridgehead atoms. The molecule has 0 aromatic heterocycles. The maximum atomic E-state index is 9.71. The molecule has 8 N–H and O–H groups in total. The number of aliphatic hydroxyl groups excluding tert-OH is 3. The SMILES string of the molecule is CC(C)CC(N)C(O)N[C@@H](CO)CC(N)O. The Morgan fingerprint density at radius 1 is 1.12 bits per heavy atom. The molecule has 0 aliphatic carbocycles. The van der Waals surface area contributed by atoms with Gasteiger partial charge in [-0.15, -0.1) is 0 Å². The maximum absolute atomic E-state index is 9.71. The summed E-state index contributed by atoms with van der Waals surface area (Å²) >= 11 is 0. The molecule has 0 saturated carbocycles. The summed E-state index contributed by atoms with van der Waals surface area (Å²) in [5.74, 6) is 0.388. The molecule has 0 rings (SSSR count). The molecule has 0 spiro atoms. The predicted octanol–water partition coefficient (Wildman–Crippen LogP) is -1.70. The summed E-state index contributed by atoms with van der Waals surface area (Å²) in [6.45, 7) is 3.82. The fourth-order valence-electron chi connectivity index (χ4n) is 1.53. The van der Waals surface area contributed by atoms with Crippen LogP contribution in [0.3, 0.4) is 0 Å². The molecule has 0 aliphatic heterocycles. The lowest BCUT2D eigenvalue weighted by Gasteiger charge is -2.26. The average molecular weight is 235 g/mol. The van der Waals surface area contributed by atoms with E-state index in [1.165, 1.54) is 0 Å². The largest absolute Gasteiger partial charge is 0.395 e. The van der Waals surface area contributed by atoms with Crippen LogP contribution in [-0.4, -0.2) is 46.5 Å². The second-order valence-electron chi connectivity index (χ2n) is 4.59. The van der Waals surface area contributed by atoms with Crippen molar-refractivity contribution in [2.75, 3.05) is 6.61 Å². The first-order chi connectivity index (χ1) is 7.36. The molecule has 0 saturated heterocycles. The monoisotopic (exact) mass is 235 g/mol. The van der Waals surface area contributed by atoms with Crippen molar-refractivity contribution in [2.45, 2.75) is 51.2 Å². The standard InChI is InChI=1S/C10H25N3O3/c1-6(2)3-8(11)10(16)13-7(5-14)4-9(12)15/h6-10,13-16H,3-5,11-12H2,1-2H3/t7-,8?,9?,10?/m1/s1. The molecule has 16 heavy (non-hydrogen) atoms. The van der Waals surface area contributed by atoms with E-state index in [-0.39, 0.29) is 13.0 Å². The lowest BCUT2D eigenvalue weighted by molar-refractivity contribution is 0.0576. The van der Waals surface area contributed by atoms with Gasteiger partial charge in [-0.3, -0.25) is 5.32 Å². The summed E-state index contributed by atoms with van der Waals surface area (Å²) in [6, 6.07) is -0.850. The topological polar surface area (TPSA) is 125 Å². The Bertz CT molecular complexity index is 179. The predicted molar refractivity (Wildman–Crippen MR) is 62.3 cm³/mol. The molecule has 6 nitrogen and oxygen atoms in total. The number of nitrogens with two attached hydrogens (primary N) is 2. The van der Waals surface area contributed by atoms with Gasteiger partial charge < -0.3 is 26.8 Å². The number of nitrogens with one attached hydrogen (secondary N) is 1. The summed E-state index contributed by atoms with van der Waals surface area (Å²) in [5, 5.41) is 30.4. The number of rotatable bonds is 8. The Morgan fingerprint density at radius 2 is 1.69 bits per heavy atom. The number of hydrogen-bond donors (Lipinski definition) is 6.